The maximum Gasteiger partial charge on any atom is 0.413 e. The first-order chi connectivity index (χ1) is 11.2. The summed E-state index contributed by atoms with van der Waals surface area (Å²) in [7, 11) is 0. The number of aromatic nitrogens is 3. The Hall–Kier alpha value is -2.80. The second-order valence-electron chi connectivity index (χ2n) is 4.50. The molecule has 0 atom stereocenters. The molecule has 0 radical (unpaired) electrons. The van der Waals surface area contributed by atoms with Gasteiger partial charge in [-0.3, -0.25) is 5.32 Å². The lowest BCUT2D eigenvalue weighted by molar-refractivity contribution is 0.167. The van der Waals surface area contributed by atoms with Gasteiger partial charge in [0.15, 0.2) is 5.65 Å². The van der Waals surface area contributed by atoms with E-state index in [1.165, 1.54) is 6.20 Å². The summed E-state index contributed by atoms with van der Waals surface area (Å²) in [6, 6.07) is 8.82. The fraction of sp³-hybridized carbons (Fsp3) is 0.133. The molecule has 3 aromatic rings. The predicted molar refractivity (Wildman–Crippen MR) is 86.1 cm³/mol. The lowest BCUT2D eigenvalue weighted by Crippen LogP contribution is -2.14. The minimum Gasteiger partial charge on any atom is -0.454 e. The Kier molecular flexibility index (Phi) is 4.29. The van der Waals surface area contributed by atoms with Crippen molar-refractivity contribution in [2.24, 2.45) is 0 Å². The first kappa shape index (κ1) is 15.1. The summed E-state index contributed by atoms with van der Waals surface area (Å²) in [5.41, 5.74) is 1.06. The molecule has 2 heterocycles. The van der Waals surface area contributed by atoms with Crippen molar-refractivity contribution in [3.05, 3.63) is 41.6 Å². The number of anilines is 1. The molecular weight excluding hydrogens is 320 g/mol. The van der Waals surface area contributed by atoms with Crippen molar-refractivity contribution in [1.82, 2.24) is 15.0 Å². The zero-order chi connectivity index (χ0) is 16.2. The quantitative estimate of drug-likeness (QED) is 0.754. The molecule has 1 aromatic carbocycles. The zero-order valence-electron chi connectivity index (χ0n) is 12.2. The van der Waals surface area contributed by atoms with E-state index >= 15 is 0 Å². The minimum atomic E-state index is -0.584. The second-order valence-corrected chi connectivity index (χ2v) is 4.91. The molecule has 3 rings (SSSR count). The molecule has 0 saturated heterocycles. The van der Waals surface area contributed by atoms with Crippen LogP contribution >= 0.6 is 11.6 Å². The number of halogens is 1. The van der Waals surface area contributed by atoms with E-state index in [1.54, 1.807) is 25.1 Å². The second kappa shape index (κ2) is 6.53. The Bertz CT molecular complexity index is 850. The van der Waals surface area contributed by atoms with Crippen LogP contribution < -0.4 is 10.1 Å². The highest BCUT2D eigenvalue weighted by atomic mass is 35.5. The molecule has 118 valence electrons. The molecule has 0 unspecified atom stereocenters. The number of para-hydroxylation sites is 1. The monoisotopic (exact) mass is 332 g/mol. The standard InChI is InChI=1S/C15H13ClN4O3/c1-2-22-15(21)20-14-18-11-7-9(8-17-13(11)19-14)23-12-6-4-3-5-10(12)16/h3-8H,2H2,1H3,(H2,17,18,19,20,21). The lowest BCUT2D eigenvalue weighted by Gasteiger charge is -2.06. The Labute approximate surface area is 136 Å². The number of amides is 1. The number of rotatable bonds is 4. The molecular formula is C15H13ClN4O3. The minimum absolute atomic E-state index is 0.251. The number of aromatic amines is 1. The van der Waals surface area contributed by atoms with Crippen molar-refractivity contribution in [2.45, 2.75) is 6.92 Å². The van der Waals surface area contributed by atoms with Crippen LogP contribution in [0.1, 0.15) is 6.92 Å². The van der Waals surface area contributed by atoms with Gasteiger partial charge in [-0.1, -0.05) is 23.7 Å². The average Bonchev–Trinajstić information content (AvgIpc) is 2.91. The van der Waals surface area contributed by atoms with Crippen LogP contribution in [0.15, 0.2) is 36.5 Å². The van der Waals surface area contributed by atoms with Crippen LogP contribution in [-0.4, -0.2) is 27.7 Å². The highest BCUT2D eigenvalue weighted by molar-refractivity contribution is 6.32. The average molecular weight is 333 g/mol. The van der Waals surface area contributed by atoms with E-state index in [9.17, 15) is 4.79 Å². The number of nitrogens with one attached hydrogen (secondary N) is 2. The maximum atomic E-state index is 11.4. The highest BCUT2D eigenvalue weighted by Gasteiger charge is 2.10. The van der Waals surface area contributed by atoms with E-state index in [0.29, 0.717) is 27.7 Å². The molecule has 0 spiro atoms. The van der Waals surface area contributed by atoms with Crippen molar-refractivity contribution in [3.8, 4) is 11.5 Å². The molecule has 0 fully saturated rings. The molecule has 1 amide bonds. The smallest absolute Gasteiger partial charge is 0.413 e. The van der Waals surface area contributed by atoms with Gasteiger partial charge < -0.3 is 14.5 Å². The lowest BCUT2D eigenvalue weighted by atomic mass is 10.3. The Morgan fingerprint density at radius 2 is 2.22 bits per heavy atom. The molecule has 7 nitrogen and oxygen atoms in total. The van der Waals surface area contributed by atoms with Crippen LogP contribution in [0.25, 0.3) is 11.2 Å². The van der Waals surface area contributed by atoms with E-state index in [0.717, 1.165) is 0 Å². The van der Waals surface area contributed by atoms with Crippen LogP contribution in [0.2, 0.25) is 5.02 Å². The summed E-state index contributed by atoms with van der Waals surface area (Å²) in [6.45, 7) is 2.00. The number of ether oxygens (including phenoxy) is 2. The van der Waals surface area contributed by atoms with Gasteiger partial charge in [0.2, 0.25) is 5.95 Å². The molecule has 23 heavy (non-hydrogen) atoms. The summed E-state index contributed by atoms with van der Waals surface area (Å²) in [6.07, 6.45) is 0.955. The summed E-state index contributed by atoms with van der Waals surface area (Å²) < 4.78 is 10.5. The SMILES string of the molecule is CCOC(=O)Nc1nc2cc(Oc3ccccc3Cl)cnc2[nH]1. The fourth-order valence-electron chi connectivity index (χ4n) is 1.91. The van der Waals surface area contributed by atoms with Crippen molar-refractivity contribution in [3.63, 3.8) is 0 Å². The van der Waals surface area contributed by atoms with Crippen LogP contribution in [-0.2, 0) is 4.74 Å². The van der Waals surface area contributed by atoms with Gasteiger partial charge in [-0.05, 0) is 19.1 Å². The van der Waals surface area contributed by atoms with Crippen LogP contribution in [0.5, 0.6) is 11.5 Å². The zero-order valence-corrected chi connectivity index (χ0v) is 12.9. The summed E-state index contributed by atoms with van der Waals surface area (Å²) in [5.74, 6) is 1.26. The summed E-state index contributed by atoms with van der Waals surface area (Å²) >= 11 is 6.05. The van der Waals surface area contributed by atoms with Crippen molar-refractivity contribution < 1.29 is 14.3 Å². The number of fused-ring (bicyclic) bond motifs is 1. The number of hydrogen-bond acceptors (Lipinski definition) is 5. The Balaban J connectivity index is 1.82. The molecule has 0 aliphatic rings. The van der Waals surface area contributed by atoms with Gasteiger partial charge in [0.25, 0.3) is 0 Å². The van der Waals surface area contributed by atoms with Crippen LogP contribution in [0, 0.1) is 0 Å². The molecule has 0 saturated carbocycles. The van der Waals surface area contributed by atoms with Gasteiger partial charge in [-0.2, -0.15) is 0 Å². The molecule has 2 N–H and O–H groups in total. The third kappa shape index (κ3) is 3.51. The number of pyridine rings is 1. The maximum absolute atomic E-state index is 11.4. The van der Waals surface area contributed by atoms with Crippen LogP contribution in [0.3, 0.4) is 0 Å². The number of nitrogens with zero attached hydrogens (tertiary/aromatic N) is 2. The van der Waals surface area contributed by atoms with E-state index in [1.807, 2.05) is 12.1 Å². The fourth-order valence-corrected chi connectivity index (χ4v) is 2.08. The number of imidazole rings is 1. The van der Waals surface area contributed by atoms with E-state index < -0.39 is 6.09 Å². The number of carbonyl (C=O) groups is 1. The largest absolute Gasteiger partial charge is 0.454 e. The van der Waals surface area contributed by atoms with Gasteiger partial charge in [0, 0.05) is 6.07 Å². The molecule has 0 aliphatic carbocycles. The van der Waals surface area contributed by atoms with Gasteiger partial charge in [-0.15, -0.1) is 0 Å². The summed E-state index contributed by atoms with van der Waals surface area (Å²) in [4.78, 5) is 22.7. The van der Waals surface area contributed by atoms with Gasteiger partial charge in [-0.25, -0.2) is 14.8 Å². The predicted octanol–water partition coefficient (Wildman–Crippen LogP) is 3.97. The molecule has 0 aliphatic heterocycles. The number of hydrogen-bond donors (Lipinski definition) is 2. The first-order valence-electron chi connectivity index (χ1n) is 6.87. The normalized spacial score (nSPS) is 10.5. The van der Waals surface area contributed by atoms with Crippen LogP contribution in [0.4, 0.5) is 10.7 Å². The van der Waals surface area contributed by atoms with Gasteiger partial charge in [0.1, 0.15) is 17.0 Å². The number of carbonyl (C=O) groups excluding carboxylic acids is 1. The topological polar surface area (TPSA) is 89.1 Å². The Morgan fingerprint density at radius 1 is 1.39 bits per heavy atom. The molecule has 0 bridgehead atoms. The third-order valence-corrected chi connectivity index (χ3v) is 3.18. The molecule has 2 aromatic heterocycles. The third-order valence-electron chi connectivity index (χ3n) is 2.87. The van der Waals surface area contributed by atoms with E-state index in [-0.39, 0.29) is 12.6 Å². The van der Waals surface area contributed by atoms with E-state index in [2.05, 4.69) is 20.3 Å². The highest BCUT2D eigenvalue weighted by Crippen LogP contribution is 2.29. The van der Waals surface area contributed by atoms with Crippen molar-refractivity contribution in [1.29, 1.82) is 0 Å². The Morgan fingerprint density at radius 3 is 3.00 bits per heavy atom. The molecule has 8 heteroatoms. The van der Waals surface area contributed by atoms with Crippen molar-refractivity contribution >= 4 is 34.8 Å². The number of H-pyrrole nitrogens is 1. The van der Waals surface area contributed by atoms with Gasteiger partial charge >= 0.3 is 6.09 Å². The van der Waals surface area contributed by atoms with Gasteiger partial charge in [0.05, 0.1) is 17.8 Å². The number of benzene rings is 1. The van der Waals surface area contributed by atoms with E-state index in [4.69, 9.17) is 21.1 Å². The summed E-state index contributed by atoms with van der Waals surface area (Å²) in [5, 5.41) is 2.98. The van der Waals surface area contributed by atoms with Crippen molar-refractivity contribution in [2.75, 3.05) is 11.9 Å². The first-order valence-corrected chi connectivity index (χ1v) is 7.25.